The van der Waals surface area contributed by atoms with Gasteiger partial charge in [-0.25, -0.2) is 0 Å². The topological polar surface area (TPSA) is 68.9 Å². The Labute approximate surface area is 112 Å². The summed E-state index contributed by atoms with van der Waals surface area (Å²) in [6, 6.07) is 13.4. The number of hydrogen-bond donors (Lipinski definition) is 2. The molecule has 2 rings (SSSR count). The number of aliphatic hydroxyl groups is 1. The van der Waals surface area contributed by atoms with Gasteiger partial charge in [0.1, 0.15) is 6.07 Å². The maximum atomic E-state index is 9.70. The molecule has 96 valence electrons. The maximum absolute atomic E-state index is 9.70. The molecule has 0 saturated heterocycles. The lowest BCUT2D eigenvalue weighted by Gasteiger charge is -2.30. The van der Waals surface area contributed by atoms with Crippen LogP contribution in [0.15, 0.2) is 48.8 Å². The van der Waals surface area contributed by atoms with Crippen LogP contribution in [-0.4, -0.2) is 16.7 Å². The predicted octanol–water partition coefficient (Wildman–Crippen LogP) is 2.27. The van der Waals surface area contributed by atoms with Gasteiger partial charge in [0, 0.05) is 6.20 Å². The summed E-state index contributed by atoms with van der Waals surface area (Å²) in [6.45, 7) is 1.80. The zero-order chi connectivity index (χ0) is 13.7. The molecule has 0 radical (unpaired) electrons. The molecule has 0 amide bonds. The number of rotatable bonds is 4. The van der Waals surface area contributed by atoms with E-state index in [9.17, 15) is 5.11 Å². The molecule has 0 bridgehead atoms. The van der Waals surface area contributed by atoms with Crippen molar-refractivity contribution >= 4 is 5.69 Å². The van der Waals surface area contributed by atoms with Crippen LogP contribution < -0.4 is 5.32 Å². The molecular weight excluding hydrogens is 238 g/mol. The highest BCUT2D eigenvalue weighted by Gasteiger charge is 2.26. The largest absolute Gasteiger partial charge is 0.394 e. The van der Waals surface area contributed by atoms with E-state index in [4.69, 9.17) is 5.26 Å². The first-order chi connectivity index (χ1) is 9.19. The van der Waals surface area contributed by atoms with E-state index in [0.717, 1.165) is 5.56 Å². The van der Waals surface area contributed by atoms with Crippen LogP contribution >= 0.6 is 0 Å². The normalized spacial score (nSPS) is 13.3. The van der Waals surface area contributed by atoms with Crippen molar-refractivity contribution in [3.63, 3.8) is 0 Å². The monoisotopic (exact) mass is 253 g/mol. The Morgan fingerprint density at radius 2 is 2.05 bits per heavy atom. The van der Waals surface area contributed by atoms with E-state index in [0.29, 0.717) is 11.3 Å². The third kappa shape index (κ3) is 2.72. The number of nitrogens with zero attached hydrogens (tertiary/aromatic N) is 2. The van der Waals surface area contributed by atoms with E-state index >= 15 is 0 Å². The molecule has 2 aromatic rings. The molecule has 0 saturated carbocycles. The number of hydrogen-bond acceptors (Lipinski definition) is 4. The zero-order valence-electron chi connectivity index (χ0n) is 10.7. The first-order valence-corrected chi connectivity index (χ1v) is 5.98. The van der Waals surface area contributed by atoms with Gasteiger partial charge < -0.3 is 10.4 Å². The van der Waals surface area contributed by atoms with Crippen LogP contribution in [0.3, 0.4) is 0 Å². The molecule has 2 N–H and O–H groups in total. The summed E-state index contributed by atoms with van der Waals surface area (Å²) in [5.41, 5.74) is 1.41. The van der Waals surface area contributed by atoms with E-state index in [1.807, 2.05) is 37.3 Å². The second-order valence-electron chi connectivity index (χ2n) is 4.51. The van der Waals surface area contributed by atoms with Crippen molar-refractivity contribution in [1.29, 1.82) is 5.26 Å². The van der Waals surface area contributed by atoms with Crippen LogP contribution in [0.1, 0.15) is 18.1 Å². The Morgan fingerprint density at radius 3 is 2.68 bits per heavy atom. The third-order valence-corrected chi connectivity index (χ3v) is 3.08. The predicted molar refractivity (Wildman–Crippen MR) is 73.5 cm³/mol. The molecule has 1 aromatic heterocycles. The van der Waals surface area contributed by atoms with E-state index < -0.39 is 5.54 Å². The first-order valence-electron chi connectivity index (χ1n) is 5.98. The molecule has 0 fully saturated rings. The van der Waals surface area contributed by atoms with Crippen LogP contribution in [-0.2, 0) is 5.54 Å². The summed E-state index contributed by atoms with van der Waals surface area (Å²) < 4.78 is 0. The number of aliphatic hydroxyl groups excluding tert-OH is 1. The van der Waals surface area contributed by atoms with E-state index in [1.54, 1.807) is 18.5 Å². The quantitative estimate of drug-likeness (QED) is 0.877. The minimum absolute atomic E-state index is 0.0865. The fourth-order valence-electron chi connectivity index (χ4n) is 1.90. The lowest BCUT2D eigenvalue weighted by molar-refractivity contribution is 0.224. The van der Waals surface area contributed by atoms with Crippen molar-refractivity contribution in [2.75, 3.05) is 11.9 Å². The smallest absolute Gasteiger partial charge is 0.101 e. The summed E-state index contributed by atoms with van der Waals surface area (Å²) in [5.74, 6) is 0. The van der Waals surface area contributed by atoms with Crippen molar-refractivity contribution < 1.29 is 5.11 Å². The average molecular weight is 253 g/mol. The summed E-state index contributed by atoms with van der Waals surface area (Å²) >= 11 is 0. The van der Waals surface area contributed by atoms with Crippen LogP contribution in [0.2, 0.25) is 0 Å². The van der Waals surface area contributed by atoms with Crippen molar-refractivity contribution in [3.8, 4) is 6.07 Å². The van der Waals surface area contributed by atoms with Crippen LogP contribution in [0.4, 0.5) is 5.69 Å². The highest BCUT2D eigenvalue weighted by atomic mass is 16.3. The van der Waals surface area contributed by atoms with Gasteiger partial charge in [-0.1, -0.05) is 30.3 Å². The fourth-order valence-corrected chi connectivity index (χ4v) is 1.90. The van der Waals surface area contributed by atoms with Gasteiger partial charge in [-0.2, -0.15) is 5.26 Å². The molecule has 1 unspecified atom stereocenters. The highest BCUT2D eigenvalue weighted by Crippen LogP contribution is 2.26. The molecule has 0 aliphatic rings. The van der Waals surface area contributed by atoms with Crippen molar-refractivity contribution in [2.45, 2.75) is 12.5 Å². The van der Waals surface area contributed by atoms with Gasteiger partial charge in [0.25, 0.3) is 0 Å². The molecule has 1 heterocycles. The number of pyridine rings is 1. The second-order valence-corrected chi connectivity index (χ2v) is 4.51. The zero-order valence-corrected chi connectivity index (χ0v) is 10.7. The van der Waals surface area contributed by atoms with Gasteiger partial charge in [-0.05, 0) is 18.6 Å². The molecule has 0 aliphatic heterocycles. The lowest BCUT2D eigenvalue weighted by atomic mass is 9.92. The molecule has 4 heteroatoms. The number of aromatic nitrogens is 1. The van der Waals surface area contributed by atoms with Crippen LogP contribution in [0, 0.1) is 11.3 Å². The number of benzene rings is 1. The molecular formula is C15H15N3O. The van der Waals surface area contributed by atoms with Crippen LogP contribution in [0.5, 0.6) is 0 Å². The maximum Gasteiger partial charge on any atom is 0.101 e. The minimum atomic E-state index is -0.657. The van der Waals surface area contributed by atoms with E-state index in [-0.39, 0.29) is 6.61 Å². The average Bonchev–Trinajstić information content (AvgIpc) is 2.48. The molecule has 19 heavy (non-hydrogen) atoms. The Balaban J connectivity index is 2.37. The summed E-state index contributed by atoms with van der Waals surface area (Å²) in [6.07, 6.45) is 3.16. The lowest BCUT2D eigenvalue weighted by Crippen LogP contribution is -2.36. The molecule has 4 nitrogen and oxygen atoms in total. The highest BCUT2D eigenvalue weighted by molar-refractivity contribution is 5.57. The second kappa shape index (κ2) is 5.51. The first kappa shape index (κ1) is 13.1. The third-order valence-electron chi connectivity index (χ3n) is 3.08. The number of nitrogens with one attached hydrogen (secondary N) is 1. The molecule has 1 aromatic carbocycles. The van der Waals surface area contributed by atoms with Gasteiger partial charge in [-0.3, -0.25) is 4.98 Å². The van der Waals surface area contributed by atoms with Crippen molar-refractivity contribution in [3.05, 3.63) is 59.9 Å². The molecule has 0 spiro atoms. The fraction of sp³-hybridized carbons (Fsp3) is 0.200. The van der Waals surface area contributed by atoms with E-state index in [2.05, 4.69) is 16.4 Å². The van der Waals surface area contributed by atoms with Gasteiger partial charge in [0.05, 0.1) is 29.6 Å². The summed E-state index contributed by atoms with van der Waals surface area (Å²) in [5, 5.41) is 22.0. The molecule has 1 atom stereocenters. The number of anilines is 1. The van der Waals surface area contributed by atoms with Crippen LogP contribution in [0.25, 0.3) is 0 Å². The standard InChI is InChI=1S/C15H15N3O/c1-15(11-19,13-5-3-2-4-6-13)18-14-10-17-8-7-12(14)9-16/h2-8,10,18-19H,11H2,1H3. The Bertz CT molecular complexity index is 592. The molecule has 0 aliphatic carbocycles. The van der Waals surface area contributed by atoms with Gasteiger partial charge in [0.15, 0.2) is 0 Å². The number of nitriles is 1. The van der Waals surface area contributed by atoms with Gasteiger partial charge >= 0.3 is 0 Å². The van der Waals surface area contributed by atoms with Crippen molar-refractivity contribution in [2.24, 2.45) is 0 Å². The Hall–Kier alpha value is -2.38. The summed E-state index contributed by atoms with van der Waals surface area (Å²) in [4.78, 5) is 4.01. The Morgan fingerprint density at radius 1 is 1.32 bits per heavy atom. The van der Waals surface area contributed by atoms with Gasteiger partial charge in [-0.15, -0.1) is 0 Å². The van der Waals surface area contributed by atoms with Crippen molar-refractivity contribution in [1.82, 2.24) is 4.98 Å². The minimum Gasteiger partial charge on any atom is -0.394 e. The van der Waals surface area contributed by atoms with E-state index in [1.165, 1.54) is 0 Å². The van der Waals surface area contributed by atoms with Gasteiger partial charge in [0.2, 0.25) is 0 Å². The summed E-state index contributed by atoms with van der Waals surface area (Å²) in [7, 11) is 0. The Kier molecular flexibility index (Phi) is 3.79. The SMILES string of the molecule is CC(CO)(Nc1cnccc1C#N)c1ccccc1.